The summed E-state index contributed by atoms with van der Waals surface area (Å²) >= 11 is 5.01. The molecular weight excluding hydrogens is 452 g/mol. The van der Waals surface area contributed by atoms with E-state index < -0.39 is 0 Å². The van der Waals surface area contributed by atoms with Crippen molar-refractivity contribution in [1.82, 2.24) is 4.57 Å². The number of carbonyl (C=O) groups is 1. The molecule has 0 unspecified atom stereocenters. The minimum absolute atomic E-state index is 0.276. The number of rotatable bonds is 9. The molecule has 1 amide bonds. The largest absolute Gasteiger partial charge is 0.494 e. The fraction of sp³-hybridized carbons (Fsp3) is 0.364. The van der Waals surface area contributed by atoms with Crippen molar-refractivity contribution in [2.24, 2.45) is 4.99 Å². The van der Waals surface area contributed by atoms with Crippen LogP contribution in [0.2, 0.25) is 0 Å². The number of fused-ring (bicyclic) bond motifs is 1. The Kier molecular flexibility index (Phi) is 8.03. The summed E-state index contributed by atoms with van der Waals surface area (Å²) in [6.07, 6.45) is 2.05. The van der Waals surface area contributed by atoms with Gasteiger partial charge in [-0.25, -0.2) is 0 Å². The number of ether oxygens (including phenoxy) is 2. The smallest absolute Gasteiger partial charge is 0.279 e. The third-order valence-electron chi connectivity index (χ3n) is 4.35. The van der Waals surface area contributed by atoms with Gasteiger partial charge >= 0.3 is 0 Å². The number of unbranched alkanes of at least 4 members (excludes halogenated alkanes) is 1. The van der Waals surface area contributed by atoms with Crippen LogP contribution in [0, 0.1) is 0 Å². The lowest BCUT2D eigenvalue weighted by Crippen LogP contribution is -2.19. The Morgan fingerprint density at radius 1 is 1.17 bits per heavy atom. The highest BCUT2D eigenvalue weighted by Crippen LogP contribution is 2.22. The molecule has 0 bridgehead atoms. The third-order valence-corrected chi connectivity index (χ3v) is 5.89. The normalized spacial score (nSPS) is 11.9. The van der Waals surface area contributed by atoms with E-state index in [1.54, 1.807) is 12.1 Å². The van der Waals surface area contributed by atoms with E-state index in [0.717, 1.165) is 27.5 Å². The molecule has 5 nitrogen and oxygen atoms in total. The molecule has 3 aromatic rings. The molecular formula is C22H25BrN2O3S. The van der Waals surface area contributed by atoms with Crippen molar-refractivity contribution < 1.29 is 14.3 Å². The predicted octanol–water partition coefficient (Wildman–Crippen LogP) is 5.42. The van der Waals surface area contributed by atoms with Crippen molar-refractivity contribution >= 4 is 43.4 Å². The quantitative estimate of drug-likeness (QED) is 0.387. The maximum Gasteiger partial charge on any atom is 0.279 e. The molecule has 0 aliphatic carbocycles. The summed E-state index contributed by atoms with van der Waals surface area (Å²) in [4.78, 5) is 17.9. The second kappa shape index (κ2) is 10.7. The van der Waals surface area contributed by atoms with Gasteiger partial charge in [0, 0.05) is 23.2 Å². The van der Waals surface area contributed by atoms with Gasteiger partial charge in [-0.2, -0.15) is 4.99 Å². The first kappa shape index (κ1) is 21.7. The van der Waals surface area contributed by atoms with E-state index in [-0.39, 0.29) is 5.91 Å². The molecule has 0 aliphatic rings. The highest BCUT2D eigenvalue weighted by atomic mass is 79.9. The van der Waals surface area contributed by atoms with Crippen LogP contribution >= 0.6 is 27.3 Å². The fourth-order valence-electron chi connectivity index (χ4n) is 2.85. The monoisotopic (exact) mass is 476 g/mol. The van der Waals surface area contributed by atoms with Crippen molar-refractivity contribution in [2.75, 3.05) is 19.8 Å². The van der Waals surface area contributed by atoms with Crippen LogP contribution in [0.5, 0.6) is 5.75 Å². The van der Waals surface area contributed by atoms with Gasteiger partial charge < -0.3 is 14.0 Å². The SMILES string of the molecule is CCCCOc1cccc(C(=O)N=c2sc3cc(Br)ccc3n2CCOCC)c1. The van der Waals surface area contributed by atoms with Crippen molar-refractivity contribution in [3.63, 3.8) is 0 Å². The van der Waals surface area contributed by atoms with Gasteiger partial charge in [0.1, 0.15) is 5.75 Å². The summed E-state index contributed by atoms with van der Waals surface area (Å²) in [5.74, 6) is 0.422. The molecule has 1 heterocycles. The first-order valence-corrected chi connectivity index (χ1v) is 11.4. The Hall–Kier alpha value is -1.96. The summed E-state index contributed by atoms with van der Waals surface area (Å²) in [5.41, 5.74) is 1.56. The van der Waals surface area contributed by atoms with E-state index in [1.807, 2.05) is 41.8 Å². The minimum Gasteiger partial charge on any atom is -0.494 e. The van der Waals surface area contributed by atoms with Gasteiger partial charge in [0.25, 0.3) is 5.91 Å². The molecule has 7 heteroatoms. The van der Waals surface area contributed by atoms with Gasteiger partial charge in [-0.05, 0) is 49.7 Å². The van der Waals surface area contributed by atoms with Crippen molar-refractivity contribution in [2.45, 2.75) is 33.2 Å². The lowest BCUT2D eigenvalue weighted by molar-refractivity contribution is 0.0996. The Balaban J connectivity index is 1.93. The summed E-state index contributed by atoms with van der Waals surface area (Å²) in [5, 5.41) is 0. The predicted molar refractivity (Wildman–Crippen MR) is 121 cm³/mol. The average Bonchev–Trinajstić information content (AvgIpc) is 3.04. The molecule has 0 saturated heterocycles. The van der Waals surface area contributed by atoms with E-state index in [2.05, 4.69) is 27.8 Å². The molecule has 3 rings (SSSR count). The van der Waals surface area contributed by atoms with Crippen LogP contribution in [0.15, 0.2) is 51.9 Å². The Bertz CT molecular complexity index is 1040. The van der Waals surface area contributed by atoms with Crippen LogP contribution in [-0.2, 0) is 11.3 Å². The van der Waals surface area contributed by atoms with Gasteiger partial charge in [0.05, 0.1) is 23.4 Å². The van der Waals surface area contributed by atoms with E-state index in [0.29, 0.717) is 42.5 Å². The van der Waals surface area contributed by atoms with Crippen molar-refractivity contribution in [1.29, 1.82) is 0 Å². The highest BCUT2D eigenvalue weighted by Gasteiger charge is 2.10. The van der Waals surface area contributed by atoms with Crippen molar-refractivity contribution in [3.05, 3.63) is 57.3 Å². The van der Waals surface area contributed by atoms with Crippen LogP contribution in [0.1, 0.15) is 37.0 Å². The number of hydrogen-bond donors (Lipinski definition) is 0. The lowest BCUT2D eigenvalue weighted by atomic mass is 10.2. The summed E-state index contributed by atoms with van der Waals surface area (Å²) in [6, 6.07) is 13.3. The van der Waals surface area contributed by atoms with Crippen LogP contribution < -0.4 is 9.54 Å². The molecule has 0 spiro atoms. The van der Waals surface area contributed by atoms with Crippen LogP contribution in [-0.4, -0.2) is 30.3 Å². The summed E-state index contributed by atoms with van der Waals surface area (Å²) < 4.78 is 15.3. The van der Waals surface area contributed by atoms with Crippen molar-refractivity contribution in [3.8, 4) is 5.75 Å². The number of carbonyl (C=O) groups excluding carboxylic acids is 1. The van der Waals surface area contributed by atoms with E-state index in [4.69, 9.17) is 9.47 Å². The Morgan fingerprint density at radius 2 is 2.03 bits per heavy atom. The standard InChI is InChI=1S/C22H25BrN2O3S/c1-3-5-12-28-18-8-6-7-16(14-18)21(26)24-22-25(11-13-27-4-2)19-10-9-17(23)15-20(19)29-22/h6-10,14-15H,3-5,11-13H2,1-2H3. The maximum atomic E-state index is 12.9. The first-order chi connectivity index (χ1) is 14.1. The molecule has 0 N–H and O–H groups in total. The lowest BCUT2D eigenvalue weighted by Gasteiger charge is -2.06. The van der Waals surface area contributed by atoms with E-state index in [9.17, 15) is 4.79 Å². The van der Waals surface area contributed by atoms with E-state index >= 15 is 0 Å². The number of halogens is 1. The molecule has 29 heavy (non-hydrogen) atoms. The molecule has 154 valence electrons. The number of aromatic nitrogens is 1. The zero-order chi connectivity index (χ0) is 20.6. The van der Waals surface area contributed by atoms with Gasteiger partial charge in [-0.3, -0.25) is 4.79 Å². The number of benzene rings is 2. The first-order valence-electron chi connectivity index (χ1n) is 9.81. The number of thiazole rings is 1. The number of amides is 1. The van der Waals surface area contributed by atoms with Gasteiger partial charge in [-0.1, -0.05) is 46.7 Å². The topological polar surface area (TPSA) is 52.8 Å². The zero-order valence-electron chi connectivity index (χ0n) is 16.7. The molecule has 0 radical (unpaired) electrons. The Morgan fingerprint density at radius 3 is 2.83 bits per heavy atom. The third kappa shape index (κ3) is 5.78. The van der Waals surface area contributed by atoms with Crippen LogP contribution in [0.4, 0.5) is 0 Å². The second-order valence-electron chi connectivity index (χ2n) is 6.49. The second-order valence-corrected chi connectivity index (χ2v) is 8.42. The molecule has 0 atom stereocenters. The summed E-state index contributed by atoms with van der Waals surface area (Å²) in [7, 11) is 0. The highest BCUT2D eigenvalue weighted by molar-refractivity contribution is 9.10. The molecule has 2 aromatic carbocycles. The molecule has 0 saturated carbocycles. The fourth-order valence-corrected chi connectivity index (χ4v) is 4.46. The van der Waals surface area contributed by atoms with Gasteiger partial charge in [0.15, 0.2) is 4.80 Å². The van der Waals surface area contributed by atoms with Gasteiger partial charge in [0.2, 0.25) is 0 Å². The molecule has 0 fully saturated rings. The minimum atomic E-state index is -0.276. The number of hydrogen-bond acceptors (Lipinski definition) is 4. The Labute approximate surface area is 183 Å². The summed E-state index contributed by atoms with van der Waals surface area (Å²) in [6.45, 7) is 6.60. The van der Waals surface area contributed by atoms with Gasteiger partial charge in [-0.15, -0.1) is 0 Å². The number of nitrogens with zero attached hydrogens (tertiary/aromatic N) is 2. The zero-order valence-corrected chi connectivity index (χ0v) is 19.1. The molecule has 0 aliphatic heterocycles. The van der Waals surface area contributed by atoms with Crippen LogP contribution in [0.3, 0.4) is 0 Å². The average molecular weight is 477 g/mol. The molecule has 1 aromatic heterocycles. The van der Waals surface area contributed by atoms with E-state index in [1.165, 1.54) is 11.3 Å². The van der Waals surface area contributed by atoms with Crippen LogP contribution in [0.25, 0.3) is 10.2 Å². The maximum absolute atomic E-state index is 12.9.